The van der Waals surface area contributed by atoms with Crippen LogP contribution in [0.3, 0.4) is 0 Å². The lowest BCUT2D eigenvalue weighted by atomic mass is 9.98. The van der Waals surface area contributed by atoms with Gasteiger partial charge in [0.05, 0.1) is 0 Å². The molecule has 1 aliphatic heterocycles. The SMILES string of the molecule is NC1CC=CC2=C1CCS2. The third-order valence-corrected chi connectivity index (χ3v) is 3.17. The van der Waals surface area contributed by atoms with Crippen LogP contribution >= 0.6 is 11.8 Å². The second kappa shape index (κ2) is 2.44. The van der Waals surface area contributed by atoms with Crippen LogP contribution in [0.4, 0.5) is 0 Å². The van der Waals surface area contributed by atoms with Crippen molar-refractivity contribution in [3.8, 4) is 0 Å². The minimum absolute atomic E-state index is 0.329. The van der Waals surface area contributed by atoms with Gasteiger partial charge in [0.15, 0.2) is 0 Å². The van der Waals surface area contributed by atoms with Crippen molar-refractivity contribution in [2.45, 2.75) is 18.9 Å². The van der Waals surface area contributed by atoms with Crippen LogP contribution in [0, 0.1) is 0 Å². The molecule has 0 saturated heterocycles. The van der Waals surface area contributed by atoms with E-state index in [0.29, 0.717) is 6.04 Å². The largest absolute Gasteiger partial charge is 0.324 e. The topological polar surface area (TPSA) is 26.0 Å². The molecule has 0 fully saturated rings. The van der Waals surface area contributed by atoms with E-state index in [0.717, 1.165) is 6.42 Å². The Morgan fingerprint density at radius 3 is 3.30 bits per heavy atom. The highest BCUT2D eigenvalue weighted by Crippen LogP contribution is 2.36. The van der Waals surface area contributed by atoms with Crippen molar-refractivity contribution < 1.29 is 0 Å². The van der Waals surface area contributed by atoms with Crippen molar-refractivity contribution >= 4 is 11.8 Å². The first kappa shape index (κ1) is 6.50. The molecule has 2 rings (SSSR count). The van der Waals surface area contributed by atoms with E-state index in [4.69, 9.17) is 5.73 Å². The standard InChI is InChI=1S/C8H11NS/c9-7-2-1-3-8-6(7)4-5-10-8/h1,3,7H,2,4-5,9H2. The fraction of sp³-hybridized carbons (Fsp3) is 0.500. The molecule has 1 nitrogen and oxygen atoms in total. The van der Waals surface area contributed by atoms with Crippen molar-refractivity contribution in [3.05, 3.63) is 22.6 Å². The van der Waals surface area contributed by atoms with Crippen LogP contribution < -0.4 is 5.73 Å². The molecule has 0 bridgehead atoms. The molecule has 1 aliphatic carbocycles. The molecule has 0 aromatic carbocycles. The van der Waals surface area contributed by atoms with E-state index in [2.05, 4.69) is 12.2 Å². The van der Waals surface area contributed by atoms with Crippen LogP contribution in [0.25, 0.3) is 0 Å². The van der Waals surface area contributed by atoms with E-state index >= 15 is 0 Å². The van der Waals surface area contributed by atoms with Gasteiger partial charge in [0, 0.05) is 16.7 Å². The van der Waals surface area contributed by atoms with Gasteiger partial charge in [0.25, 0.3) is 0 Å². The molecule has 0 aromatic rings. The number of thioether (sulfide) groups is 1. The predicted molar refractivity (Wildman–Crippen MR) is 45.8 cm³/mol. The first-order valence-corrected chi connectivity index (χ1v) is 4.64. The average molecular weight is 153 g/mol. The van der Waals surface area contributed by atoms with Crippen molar-refractivity contribution in [2.24, 2.45) is 5.73 Å². The van der Waals surface area contributed by atoms with E-state index in [9.17, 15) is 0 Å². The van der Waals surface area contributed by atoms with Gasteiger partial charge in [-0.05, 0) is 18.4 Å². The van der Waals surface area contributed by atoms with E-state index in [1.165, 1.54) is 22.7 Å². The van der Waals surface area contributed by atoms with Gasteiger partial charge in [0.1, 0.15) is 0 Å². The van der Waals surface area contributed by atoms with E-state index in [1.54, 1.807) is 0 Å². The number of allylic oxidation sites excluding steroid dienone is 1. The van der Waals surface area contributed by atoms with Crippen molar-refractivity contribution in [1.29, 1.82) is 0 Å². The lowest BCUT2D eigenvalue weighted by molar-refractivity contribution is 0.747. The number of rotatable bonds is 0. The summed E-state index contributed by atoms with van der Waals surface area (Å²) in [6.07, 6.45) is 6.66. The molecule has 0 aromatic heterocycles. The Morgan fingerprint density at radius 1 is 1.60 bits per heavy atom. The molecule has 2 aliphatic rings. The van der Waals surface area contributed by atoms with Gasteiger partial charge >= 0.3 is 0 Å². The Labute approximate surface area is 65.4 Å². The lowest BCUT2D eigenvalue weighted by Crippen LogP contribution is -2.23. The summed E-state index contributed by atoms with van der Waals surface area (Å²) >= 11 is 1.94. The zero-order valence-corrected chi connectivity index (χ0v) is 6.66. The minimum Gasteiger partial charge on any atom is -0.324 e. The summed E-state index contributed by atoms with van der Waals surface area (Å²) in [5.74, 6) is 1.24. The van der Waals surface area contributed by atoms with Gasteiger partial charge < -0.3 is 5.73 Å². The summed E-state index contributed by atoms with van der Waals surface area (Å²) in [5.41, 5.74) is 7.39. The van der Waals surface area contributed by atoms with Crippen LogP contribution in [0.5, 0.6) is 0 Å². The highest BCUT2D eigenvalue weighted by molar-refractivity contribution is 8.03. The van der Waals surface area contributed by atoms with Crippen LogP contribution in [0.2, 0.25) is 0 Å². The van der Waals surface area contributed by atoms with Gasteiger partial charge in [0.2, 0.25) is 0 Å². The Balaban J connectivity index is 2.30. The second-order valence-corrected chi connectivity index (χ2v) is 3.87. The normalized spacial score (nSPS) is 31.1. The monoisotopic (exact) mass is 153 g/mol. The van der Waals surface area contributed by atoms with Crippen LogP contribution in [0.1, 0.15) is 12.8 Å². The number of hydrogen-bond acceptors (Lipinski definition) is 2. The molecule has 0 spiro atoms. The maximum Gasteiger partial charge on any atom is 0.0303 e. The van der Waals surface area contributed by atoms with Crippen LogP contribution in [0.15, 0.2) is 22.6 Å². The van der Waals surface area contributed by atoms with Crippen LogP contribution in [-0.2, 0) is 0 Å². The first-order valence-electron chi connectivity index (χ1n) is 3.66. The molecule has 0 amide bonds. The lowest BCUT2D eigenvalue weighted by Gasteiger charge is -2.15. The fourth-order valence-electron chi connectivity index (χ4n) is 1.47. The molecular weight excluding hydrogens is 142 g/mol. The first-order chi connectivity index (χ1) is 4.88. The fourth-order valence-corrected chi connectivity index (χ4v) is 2.65. The Morgan fingerprint density at radius 2 is 2.50 bits per heavy atom. The Hall–Kier alpha value is -0.210. The second-order valence-electron chi connectivity index (χ2n) is 2.73. The Kier molecular flexibility index (Phi) is 1.58. The molecule has 1 heterocycles. The summed E-state index contributed by atoms with van der Waals surface area (Å²) in [6, 6.07) is 0.329. The van der Waals surface area contributed by atoms with Gasteiger partial charge in [-0.15, -0.1) is 11.8 Å². The zero-order valence-electron chi connectivity index (χ0n) is 5.84. The summed E-state index contributed by atoms with van der Waals surface area (Å²) in [6.45, 7) is 0. The molecular formula is C8H11NS. The number of hydrogen-bond donors (Lipinski definition) is 1. The highest BCUT2D eigenvalue weighted by Gasteiger charge is 2.20. The van der Waals surface area contributed by atoms with E-state index in [1.807, 2.05) is 11.8 Å². The number of nitrogens with two attached hydrogens (primary N) is 1. The predicted octanol–water partition coefficient (Wildman–Crippen LogP) is 1.66. The highest BCUT2D eigenvalue weighted by atomic mass is 32.2. The molecule has 10 heavy (non-hydrogen) atoms. The minimum atomic E-state index is 0.329. The smallest absolute Gasteiger partial charge is 0.0303 e. The average Bonchev–Trinajstić information content (AvgIpc) is 2.36. The maximum absolute atomic E-state index is 5.90. The van der Waals surface area contributed by atoms with Crippen LogP contribution in [-0.4, -0.2) is 11.8 Å². The molecule has 54 valence electrons. The van der Waals surface area contributed by atoms with Gasteiger partial charge in [-0.3, -0.25) is 0 Å². The van der Waals surface area contributed by atoms with Gasteiger partial charge in [-0.25, -0.2) is 0 Å². The molecule has 1 atom stereocenters. The van der Waals surface area contributed by atoms with E-state index < -0.39 is 0 Å². The van der Waals surface area contributed by atoms with E-state index in [-0.39, 0.29) is 0 Å². The van der Waals surface area contributed by atoms with Crippen molar-refractivity contribution in [3.63, 3.8) is 0 Å². The summed E-state index contributed by atoms with van der Waals surface area (Å²) in [7, 11) is 0. The zero-order chi connectivity index (χ0) is 6.97. The van der Waals surface area contributed by atoms with Crippen molar-refractivity contribution in [1.82, 2.24) is 0 Å². The molecule has 2 N–H and O–H groups in total. The molecule has 2 heteroatoms. The summed E-state index contributed by atoms with van der Waals surface area (Å²) in [4.78, 5) is 1.44. The third kappa shape index (κ3) is 0.917. The molecule has 0 radical (unpaired) electrons. The van der Waals surface area contributed by atoms with Gasteiger partial charge in [-0.1, -0.05) is 12.2 Å². The maximum atomic E-state index is 5.90. The summed E-state index contributed by atoms with van der Waals surface area (Å²) < 4.78 is 0. The Bertz CT molecular complexity index is 205. The van der Waals surface area contributed by atoms with Crippen molar-refractivity contribution in [2.75, 3.05) is 5.75 Å². The molecule has 1 unspecified atom stereocenters. The van der Waals surface area contributed by atoms with Gasteiger partial charge in [-0.2, -0.15) is 0 Å². The third-order valence-electron chi connectivity index (χ3n) is 2.05. The molecule has 0 saturated carbocycles. The quantitative estimate of drug-likeness (QED) is 0.573. The summed E-state index contributed by atoms with van der Waals surface area (Å²) in [5, 5.41) is 0.